The lowest BCUT2D eigenvalue weighted by molar-refractivity contribution is -0.387. The molecule has 1 aromatic heterocycles. The third-order valence-corrected chi connectivity index (χ3v) is 3.55. The van der Waals surface area contributed by atoms with E-state index in [0.717, 1.165) is 25.7 Å². The Balaban J connectivity index is 2.39. The molecular weight excluding hydrogens is 266 g/mol. The van der Waals surface area contributed by atoms with E-state index in [9.17, 15) is 10.1 Å². The van der Waals surface area contributed by atoms with Gasteiger partial charge >= 0.3 is 5.69 Å². The van der Waals surface area contributed by atoms with Crippen LogP contribution in [0.2, 0.25) is 0 Å². The van der Waals surface area contributed by atoms with Crippen molar-refractivity contribution < 1.29 is 4.92 Å². The van der Waals surface area contributed by atoms with Crippen LogP contribution in [-0.4, -0.2) is 20.9 Å². The summed E-state index contributed by atoms with van der Waals surface area (Å²) in [5, 5.41) is 24.9. The molecule has 1 heterocycles. The predicted molar refractivity (Wildman–Crippen MR) is 70.8 cm³/mol. The normalized spacial score (nSPS) is 15.2. The van der Waals surface area contributed by atoms with E-state index in [4.69, 9.17) is 5.26 Å². The minimum absolute atomic E-state index is 0.0977. The Labute approximate surface area is 114 Å². The smallest absolute Gasteiger partial charge is 0.344 e. The molecule has 7 nitrogen and oxygen atoms in total. The standard InChI is InChI=1S/C11H13N5O2S/c1-7-13-10(15-8-4-2-3-5-8)9(16(17)18)11(14-7)19-6-12/h8H,2-5H2,1H3,(H,13,14,15). The lowest BCUT2D eigenvalue weighted by Gasteiger charge is -2.13. The Morgan fingerprint density at radius 2 is 2.16 bits per heavy atom. The van der Waals surface area contributed by atoms with Crippen LogP contribution in [0.3, 0.4) is 0 Å². The van der Waals surface area contributed by atoms with Crippen molar-refractivity contribution in [3.8, 4) is 5.40 Å². The van der Waals surface area contributed by atoms with Gasteiger partial charge in [-0.15, -0.1) is 0 Å². The first-order valence-electron chi connectivity index (χ1n) is 5.97. The van der Waals surface area contributed by atoms with Crippen molar-refractivity contribution >= 4 is 23.3 Å². The van der Waals surface area contributed by atoms with Crippen molar-refractivity contribution in [2.45, 2.75) is 43.7 Å². The quantitative estimate of drug-likeness (QED) is 0.297. The first kappa shape index (κ1) is 13.5. The van der Waals surface area contributed by atoms with Gasteiger partial charge in [0, 0.05) is 17.8 Å². The topological polar surface area (TPSA) is 105 Å². The van der Waals surface area contributed by atoms with Crippen molar-refractivity contribution in [1.29, 1.82) is 5.26 Å². The number of aromatic nitrogens is 2. The molecule has 0 bridgehead atoms. The molecule has 0 atom stereocenters. The highest BCUT2D eigenvalue weighted by Crippen LogP contribution is 2.34. The van der Waals surface area contributed by atoms with Crippen LogP contribution in [-0.2, 0) is 0 Å². The average molecular weight is 279 g/mol. The van der Waals surface area contributed by atoms with Crippen molar-refractivity contribution in [2.75, 3.05) is 5.32 Å². The van der Waals surface area contributed by atoms with E-state index >= 15 is 0 Å². The number of nitrogens with zero attached hydrogens (tertiary/aromatic N) is 4. The SMILES string of the molecule is Cc1nc(NC2CCCC2)c([N+](=O)[O-])c(SC#N)n1. The van der Waals surface area contributed by atoms with E-state index in [2.05, 4.69) is 15.3 Å². The zero-order chi connectivity index (χ0) is 13.8. The van der Waals surface area contributed by atoms with Gasteiger partial charge in [-0.25, -0.2) is 9.97 Å². The second-order valence-corrected chi connectivity index (χ2v) is 5.12. The number of thiocyanates is 1. The van der Waals surface area contributed by atoms with Crippen molar-refractivity contribution in [1.82, 2.24) is 9.97 Å². The summed E-state index contributed by atoms with van der Waals surface area (Å²) in [6.45, 7) is 1.66. The summed E-state index contributed by atoms with van der Waals surface area (Å²) in [6.07, 6.45) is 4.21. The van der Waals surface area contributed by atoms with E-state index in [-0.39, 0.29) is 22.6 Å². The number of thioether (sulfide) groups is 1. The van der Waals surface area contributed by atoms with E-state index in [1.54, 1.807) is 6.92 Å². The van der Waals surface area contributed by atoms with Gasteiger partial charge in [-0.1, -0.05) is 12.8 Å². The maximum atomic E-state index is 11.2. The summed E-state index contributed by atoms with van der Waals surface area (Å²) in [4.78, 5) is 18.7. The monoisotopic (exact) mass is 279 g/mol. The Hall–Kier alpha value is -1.88. The third kappa shape index (κ3) is 3.12. The number of nitriles is 1. The number of rotatable bonds is 4. The highest BCUT2D eigenvalue weighted by molar-refractivity contribution is 8.03. The fourth-order valence-corrected chi connectivity index (χ4v) is 2.72. The maximum absolute atomic E-state index is 11.2. The van der Waals surface area contributed by atoms with Crippen LogP contribution in [0, 0.1) is 27.7 Å². The second kappa shape index (κ2) is 5.84. The zero-order valence-corrected chi connectivity index (χ0v) is 11.2. The molecule has 0 amide bonds. The van der Waals surface area contributed by atoms with Crippen molar-refractivity contribution in [3.05, 3.63) is 15.9 Å². The largest absolute Gasteiger partial charge is 0.361 e. The second-order valence-electron chi connectivity index (χ2n) is 4.35. The lowest BCUT2D eigenvalue weighted by atomic mass is 10.2. The molecule has 0 unspecified atom stereocenters. The molecular formula is C11H13N5O2S. The highest BCUT2D eigenvalue weighted by Gasteiger charge is 2.27. The van der Waals surface area contributed by atoms with Crippen LogP contribution in [0.25, 0.3) is 0 Å². The Kier molecular flexibility index (Phi) is 4.16. The highest BCUT2D eigenvalue weighted by atomic mass is 32.2. The van der Waals surface area contributed by atoms with E-state index in [0.29, 0.717) is 17.6 Å². The summed E-state index contributed by atoms with van der Waals surface area (Å²) < 4.78 is 0. The van der Waals surface area contributed by atoms with Crippen LogP contribution < -0.4 is 5.32 Å². The molecule has 2 rings (SSSR count). The summed E-state index contributed by atoms with van der Waals surface area (Å²) >= 11 is 0.689. The van der Waals surface area contributed by atoms with E-state index < -0.39 is 4.92 Å². The molecule has 1 saturated carbocycles. The first-order valence-corrected chi connectivity index (χ1v) is 6.79. The third-order valence-electron chi connectivity index (χ3n) is 2.98. The molecule has 1 aliphatic carbocycles. The molecule has 1 fully saturated rings. The average Bonchev–Trinajstić information content (AvgIpc) is 2.81. The van der Waals surface area contributed by atoms with Crippen LogP contribution in [0.5, 0.6) is 0 Å². The summed E-state index contributed by atoms with van der Waals surface area (Å²) in [5.41, 5.74) is -0.205. The van der Waals surface area contributed by atoms with Crippen LogP contribution >= 0.6 is 11.8 Å². The molecule has 0 saturated heterocycles. The summed E-state index contributed by atoms with van der Waals surface area (Å²) in [7, 11) is 0. The van der Waals surface area contributed by atoms with Crippen LogP contribution in [0.15, 0.2) is 5.03 Å². The van der Waals surface area contributed by atoms with Gasteiger partial charge in [0.05, 0.1) is 4.92 Å². The molecule has 1 aliphatic rings. The number of hydrogen-bond acceptors (Lipinski definition) is 7. The molecule has 0 aliphatic heterocycles. The Morgan fingerprint density at radius 3 is 2.74 bits per heavy atom. The summed E-state index contributed by atoms with van der Waals surface area (Å²) in [6, 6.07) is 0.216. The predicted octanol–water partition coefficient (Wildman–Crippen LogP) is 2.62. The van der Waals surface area contributed by atoms with Gasteiger partial charge in [-0.3, -0.25) is 10.1 Å². The molecule has 0 aromatic carbocycles. The van der Waals surface area contributed by atoms with Crippen molar-refractivity contribution in [3.63, 3.8) is 0 Å². The minimum Gasteiger partial charge on any atom is -0.361 e. The molecule has 0 spiro atoms. The van der Waals surface area contributed by atoms with Gasteiger partial charge in [-0.2, -0.15) is 5.26 Å². The van der Waals surface area contributed by atoms with Gasteiger partial charge in [0.2, 0.25) is 5.82 Å². The Bertz CT molecular complexity index is 537. The van der Waals surface area contributed by atoms with Crippen LogP contribution in [0.4, 0.5) is 11.5 Å². The van der Waals surface area contributed by atoms with Gasteiger partial charge in [0.1, 0.15) is 11.2 Å². The first-order chi connectivity index (χ1) is 9.11. The number of nitrogens with one attached hydrogen (secondary N) is 1. The fourth-order valence-electron chi connectivity index (χ4n) is 2.18. The van der Waals surface area contributed by atoms with Gasteiger partial charge < -0.3 is 5.32 Å². The maximum Gasteiger partial charge on any atom is 0.344 e. The molecule has 1 aromatic rings. The van der Waals surface area contributed by atoms with Gasteiger partial charge in [-0.05, 0) is 19.8 Å². The number of aryl methyl sites for hydroxylation is 1. The van der Waals surface area contributed by atoms with Gasteiger partial charge in [0.15, 0.2) is 5.03 Å². The zero-order valence-electron chi connectivity index (χ0n) is 10.4. The minimum atomic E-state index is -0.531. The number of anilines is 1. The molecule has 1 N–H and O–H groups in total. The molecule has 100 valence electrons. The lowest BCUT2D eigenvalue weighted by Crippen LogP contribution is -2.17. The molecule has 8 heteroatoms. The fraction of sp³-hybridized carbons (Fsp3) is 0.545. The molecule has 0 radical (unpaired) electrons. The van der Waals surface area contributed by atoms with E-state index in [1.165, 1.54) is 0 Å². The number of nitro groups is 1. The number of hydrogen-bond donors (Lipinski definition) is 1. The van der Waals surface area contributed by atoms with Gasteiger partial charge in [0.25, 0.3) is 0 Å². The molecule has 19 heavy (non-hydrogen) atoms. The Morgan fingerprint density at radius 1 is 1.47 bits per heavy atom. The van der Waals surface area contributed by atoms with Crippen LogP contribution in [0.1, 0.15) is 31.5 Å². The van der Waals surface area contributed by atoms with E-state index in [1.807, 2.05) is 5.40 Å². The van der Waals surface area contributed by atoms with Crippen molar-refractivity contribution in [2.24, 2.45) is 0 Å². The summed E-state index contributed by atoms with van der Waals surface area (Å²) in [5.74, 6) is 0.644.